The first-order valence-electron chi connectivity index (χ1n) is 12.5. The summed E-state index contributed by atoms with van der Waals surface area (Å²) in [6.07, 6.45) is 1.50. The molecule has 0 unspecified atom stereocenters. The van der Waals surface area contributed by atoms with Crippen LogP contribution < -0.4 is 16.0 Å². The molecule has 2 atom stereocenters. The summed E-state index contributed by atoms with van der Waals surface area (Å²) in [7, 11) is 0. The minimum Gasteiger partial charge on any atom is -0.445 e. The molecule has 2 aromatic rings. The highest BCUT2D eigenvalue weighted by molar-refractivity contribution is 9.09. The Labute approximate surface area is 228 Å². The number of benzene rings is 2. The quantitative estimate of drug-likeness (QED) is 0.227. The maximum Gasteiger partial charge on any atom is 0.408 e. The van der Waals surface area contributed by atoms with Crippen LogP contribution in [0.25, 0.3) is 0 Å². The molecule has 0 radical (unpaired) electrons. The van der Waals surface area contributed by atoms with Crippen LogP contribution in [0, 0.1) is 0 Å². The summed E-state index contributed by atoms with van der Waals surface area (Å²) < 4.78 is 10.6. The number of carbonyl (C=O) groups excluding carboxylic acids is 3. The zero-order valence-electron chi connectivity index (χ0n) is 21.8. The van der Waals surface area contributed by atoms with E-state index in [1.807, 2.05) is 60.7 Å². The monoisotopic (exact) mass is 575 g/mol. The lowest BCUT2D eigenvalue weighted by Crippen LogP contribution is -2.52. The summed E-state index contributed by atoms with van der Waals surface area (Å²) in [5, 5.41) is 9.05. The van der Waals surface area contributed by atoms with Crippen LogP contribution in [0.1, 0.15) is 51.2 Å². The summed E-state index contributed by atoms with van der Waals surface area (Å²) in [4.78, 5) is 37.4. The fraction of sp³-hybridized carbons (Fsp3) is 0.464. The summed E-state index contributed by atoms with van der Waals surface area (Å²) in [5.41, 5.74) is 1.19. The van der Waals surface area contributed by atoms with Gasteiger partial charge < -0.3 is 25.4 Å². The molecule has 0 heterocycles. The molecule has 0 aliphatic heterocycles. The number of alkyl halides is 1. The first-order chi connectivity index (χ1) is 17.7. The average Bonchev–Trinajstić information content (AvgIpc) is 2.86. The summed E-state index contributed by atoms with van der Waals surface area (Å²) in [6.45, 7) is 6.03. The number of ether oxygens (including phenoxy) is 2. The van der Waals surface area contributed by atoms with Crippen LogP contribution in [-0.4, -0.2) is 47.7 Å². The topological polar surface area (TPSA) is 106 Å². The van der Waals surface area contributed by atoms with Gasteiger partial charge in [-0.25, -0.2) is 9.59 Å². The highest BCUT2D eigenvalue weighted by Crippen LogP contribution is 2.10. The Kier molecular flexibility index (Phi) is 13.0. The van der Waals surface area contributed by atoms with Gasteiger partial charge in [0.15, 0.2) is 0 Å². The van der Waals surface area contributed by atoms with E-state index in [0.29, 0.717) is 24.7 Å². The lowest BCUT2D eigenvalue weighted by molar-refractivity contribution is -0.123. The Morgan fingerprint density at radius 1 is 0.865 bits per heavy atom. The van der Waals surface area contributed by atoms with Gasteiger partial charge in [-0.2, -0.15) is 0 Å². The molecule has 9 heteroatoms. The Hall–Kier alpha value is -3.07. The van der Waals surface area contributed by atoms with Crippen molar-refractivity contribution < 1.29 is 23.9 Å². The Balaban J connectivity index is 1.78. The molecule has 0 spiro atoms. The number of halogens is 1. The number of amides is 3. The molecule has 0 saturated heterocycles. The molecule has 0 aromatic heterocycles. The first-order valence-corrected chi connectivity index (χ1v) is 13.6. The molecule has 0 bridgehead atoms. The third-order valence-corrected chi connectivity index (χ3v) is 6.07. The predicted octanol–water partition coefficient (Wildman–Crippen LogP) is 5.10. The van der Waals surface area contributed by atoms with Crippen molar-refractivity contribution in [3.8, 4) is 0 Å². The summed E-state index contributed by atoms with van der Waals surface area (Å²) in [6, 6.07) is 18.1. The van der Waals surface area contributed by atoms with E-state index < -0.39 is 23.8 Å². The van der Waals surface area contributed by atoms with Crippen molar-refractivity contribution in [1.82, 2.24) is 16.0 Å². The number of carbonyl (C=O) groups is 3. The average molecular weight is 577 g/mol. The second kappa shape index (κ2) is 15.9. The van der Waals surface area contributed by atoms with Gasteiger partial charge in [0.2, 0.25) is 5.91 Å². The minimum atomic E-state index is -0.778. The van der Waals surface area contributed by atoms with Gasteiger partial charge in [0, 0.05) is 24.3 Å². The van der Waals surface area contributed by atoms with Crippen LogP contribution in [0.2, 0.25) is 0 Å². The van der Waals surface area contributed by atoms with Crippen molar-refractivity contribution in [2.45, 2.75) is 70.7 Å². The Morgan fingerprint density at radius 2 is 1.49 bits per heavy atom. The fourth-order valence-corrected chi connectivity index (χ4v) is 3.96. The molecule has 202 valence electrons. The lowest BCUT2D eigenvalue weighted by atomic mass is 10.0. The number of hydrogen-bond acceptors (Lipinski definition) is 5. The van der Waals surface area contributed by atoms with Gasteiger partial charge in [0.05, 0.1) is 0 Å². The van der Waals surface area contributed by atoms with E-state index in [9.17, 15) is 14.4 Å². The van der Waals surface area contributed by atoms with Crippen molar-refractivity contribution in [2.24, 2.45) is 0 Å². The second-order valence-corrected chi connectivity index (χ2v) is 10.4. The van der Waals surface area contributed by atoms with Gasteiger partial charge in [-0.05, 0) is 51.2 Å². The number of unbranched alkanes of at least 4 members (excludes halogenated alkanes) is 1. The molecule has 3 amide bonds. The van der Waals surface area contributed by atoms with E-state index >= 15 is 0 Å². The Bertz CT molecular complexity index is 967. The van der Waals surface area contributed by atoms with Gasteiger partial charge >= 0.3 is 12.2 Å². The highest BCUT2D eigenvalue weighted by atomic mass is 79.9. The smallest absolute Gasteiger partial charge is 0.408 e. The van der Waals surface area contributed by atoms with Gasteiger partial charge in [-0.15, -0.1) is 0 Å². The van der Waals surface area contributed by atoms with E-state index in [4.69, 9.17) is 9.47 Å². The third-order valence-electron chi connectivity index (χ3n) is 5.28. The zero-order chi connectivity index (χ0) is 27.1. The van der Waals surface area contributed by atoms with Gasteiger partial charge in [0.1, 0.15) is 18.2 Å². The first kappa shape index (κ1) is 30.2. The van der Waals surface area contributed by atoms with Crippen molar-refractivity contribution in [1.29, 1.82) is 0 Å². The number of alkyl carbamates (subject to hydrolysis) is 2. The van der Waals surface area contributed by atoms with Crippen molar-refractivity contribution in [2.75, 3.05) is 11.9 Å². The largest absolute Gasteiger partial charge is 0.445 e. The summed E-state index contributed by atoms with van der Waals surface area (Å²) >= 11 is 3.47. The van der Waals surface area contributed by atoms with Gasteiger partial charge in [-0.3, -0.25) is 4.79 Å². The van der Waals surface area contributed by atoms with Crippen LogP contribution in [0.15, 0.2) is 60.7 Å². The number of nitrogens with one attached hydrogen (secondary N) is 3. The highest BCUT2D eigenvalue weighted by Gasteiger charge is 2.26. The van der Waals surface area contributed by atoms with E-state index in [-0.39, 0.29) is 18.6 Å². The van der Waals surface area contributed by atoms with E-state index in [1.165, 1.54) is 0 Å². The zero-order valence-corrected chi connectivity index (χ0v) is 23.4. The van der Waals surface area contributed by atoms with Crippen LogP contribution in [0.5, 0.6) is 0 Å². The van der Waals surface area contributed by atoms with Crippen molar-refractivity contribution in [3.63, 3.8) is 0 Å². The molecular formula is C28H38BrN3O5. The SMILES string of the molecule is CC(C)(C)OC(=O)N[C@@H](Cc1ccccc1)C(=O)N[C@H](CBr)CCCCNC(=O)OCc1ccccc1. The van der Waals surface area contributed by atoms with Crippen LogP contribution in [0.3, 0.4) is 0 Å². The van der Waals surface area contributed by atoms with Crippen molar-refractivity contribution >= 4 is 34.0 Å². The van der Waals surface area contributed by atoms with Crippen LogP contribution in [0.4, 0.5) is 9.59 Å². The third kappa shape index (κ3) is 13.2. The predicted molar refractivity (Wildman–Crippen MR) is 148 cm³/mol. The lowest BCUT2D eigenvalue weighted by Gasteiger charge is -2.25. The molecule has 2 aromatic carbocycles. The van der Waals surface area contributed by atoms with Gasteiger partial charge in [0.25, 0.3) is 0 Å². The molecule has 0 aliphatic carbocycles. The molecule has 3 N–H and O–H groups in total. The summed E-state index contributed by atoms with van der Waals surface area (Å²) in [5.74, 6) is -0.276. The van der Waals surface area contributed by atoms with Crippen LogP contribution in [-0.2, 0) is 27.3 Å². The second-order valence-electron chi connectivity index (χ2n) is 9.73. The Morgan fingerprint density at radius 3 is 2.08 bits per heavy atom. The fourth-order valence-electron chi connectivity index (χ4n) is 3.48. The van der Waals surface area contributed by atoms with Crippen LogP contribution >= 0.6 is 15.9 Å². The normalized spacial score (nSPS) is 12.6. The van der Waals surface area contributed by atoms with Gasteiger partial charge in [-0.1, -0.05) is 76.6 Å². The maximum absolute atomic E-state index is 13.1. The molecule has 2 rings (SSSR count). The molecule has 0 fully saturated rings. The van der Waals surface area contributed by atoms with E-state index in [2.05, 4.69) is 31.9 Å². The van der Waals surface area contributed by atoms with E-state index in [0.717, 1.165) is 24.0 Å². The molecule has 0 saturated carbocycles. The standard InChI is InChI=1S/C28H38BrN3O5/c1-28(2,3)37-27(35)32-24(18-21-12-6-4-7-13-21)25(33)31-23(19-29)16-10-11-17-30-26(34)36-20-22-14-8-5-9-15-22/h4-9,12-15,23-24H,10-11,16-20H2,1-3H3,(H,30,34)(H,31,33)(H,32,35)/t23-,24-/m0/s1. The minimum absolute atomic E-state index is 0.128. The van der Waals surface area contributed by atoms with E-state index in [1.54, 1.807) is 20.8 Å². The van der Waals surface area contributed by atoms with Crippen molar-refractivity contribution in [3.05, 3.63) is 71.8 Å². The number of rotatable bonds is 13. The molecule has 37 heavy (non-hydrogen) atoms. The number of hydrogen-bond donors (Lipinski definition) is 3. The molecule has 8 nitrogen and oxygen atoms in total. The molecule has 0 aliphatic rings. The maximum atomic E-state index is 13.1. The molecular weight excluding hydrogens is 538 g/mol.